The lowest BCUT2D eigenvalue weighted by Crippen LogP contribution is -2.29. The van der Waals surface area contributed by atoms with Crippen molar-refractivity contribution in [2.75, 3.05) is 0 Å². The minimum Gasteiger partial charge on any atom is -0.271 e. The highest BCUT2D eigenvalue weighted by Crippen LogP contribution is 2.37. The summed E-state index contributed by atoms with van der Waals surface area (Å²) in [7, 11) is 0. The predicted octanol–water partition coefficient (Wildman–Crippen LogP) is 3.31. The molecular weight excluding hydrogens is 280 g/mol. The third-order valence-electron chi connectivity index (χ3n) is 4.32. The number of hydrazine groups is 1. The van der Waals surface area contributed by atoms with Crippen LogP contribution in [-0.2, 0) is 6.42 Å². The summed E-state index contributed by atoms with van der Waals surface area (Å²) in [4.78, 5) is 1.14. The molecule has 112 valence electrons. The van der Waals surface area contributed by atoms with E-state index in [1.54, 1.807) is 0 Å². The molecule has 1 saturated carbocycles. The van der Waals surface area contributed by atoms with E-state index >= 15 is 0 Å². The van der Waals surface area contributed by atoms with E-state index in [-0.39, 0.29) is 6.04 Å². The maximum absolute atomic E-state index is 5.83. The second kappa shape index (κ2) is 6.64. The van der Waals surface area contributed by atoms with E-state index in [2.05, 4.69) is 46.2 Å². The van der Waals surface area contributed by atoms with Crippen LogP contribution < -0.4 is 11.3 Å². The largest absolute Gasteiger partial charge is 0.271 e. The summed E-state index contributed by atoms with van der Waals surface area (Å²) >= 11 is 1.45. The van der Waals surface area contributed by atoms with Gasteiger partial charge in [-0.05, 0) is 47.8 Å². The number of nitrogens with zero attached hydrogens (tertiary/aromatic N) is 2. The van der Waals surface area contributed by atoms with E-state index in [0.717, 1.165) is 29.3 Å². The van der Waals surface area contributed by atoms with Gasteiger partial charge in [-0.2, -0.15) is 0 Å². The zero-order chi connectivity index (χ0) is 14.7. The van der Waals surface area contributed by atoms with E-state index in [4.69, 9.17) is 5.84 Å². The second-order valence-corrected chi connectivity index (χ2v) is 6.52. The molecule has 3 N–H and O–H groups in total. The Morgan fingerprint density at radius 3 is 2.95 bits per heavy atom. The molecular formula is C16H22N4S. The fraction of sp³-hybridized carbons (Fsp3) is 0.500. The molecule has 21 heavy (non-hydrogen) atoms. The molecule has 1 aliphatic rings. The van der Waals surface area contributed by atoms with Crippen molar-refractivity contribution in [3.8, 4) is 0 Å². The number of hydrogen-bond acceptors (Lipinski definition) is 5. The smallest absolute Gasteiger partial charge is 0.0837 e. The van der Waals surface area contributed by atoms with Gasteiger partial charge in [0, 0.05) is 0 Å². The molecule has 0 radical (unpaired) electrons. The van der Waals surface area contributed by atoms with E-state index in [1.807, 2.05) is 0 Å². The first-order valence-corrected chi connectivity index (χ1v) is 8.48. The van der Waals surface area contributed by atoms with Crippen LogP contribution in [0.25, 0.3) is 0 Å². The first-order chi connectivity index (χ1) is 10.3. The molecule has 1 aromatic carbocycles. The van der Waals surface area contributed by atoms with Gasteiger partial charge in [0.1, 0.15) is 0 Å². The molecule has 1 fully saturated rings. The molecule has 5 heteroatoms. The molecule has 3 rings (SSSR count). The van der Waals surface area contributed by atoms with Gasteiger partial charge >= 0.3 is 0 Å². The molecule has 4 nitrogen and oxygen atoms in total. The van der Waals surface area contributed by atoms with Crippen LogP contribution >= 0.6 is 11.5 Å². The van der Waals surface area contributed by atoms with Crippen molar-refractivity contribution in [3.05, 3.63) is 46.0 Å². The minimum atomic E-state index is -0.00780. The Balaban J connectivity index is 1.90. The summed E-state index contributed by atoms with van der Waals surface area (Å²) < 4.78 is 4.12. The highest BCUT2D eigenvalue weighted by atomic mass is 32.1. The summed E-state index contributed by atoms with van der Waals surface area (Å²) in [6.45, 7) is 2.16. The highest BCUT2D eigenvalue weighted by Gasteiger charge is 2.23. The summed E-state index contributed by atoms with van der Waals surface area (Å²) in [5, 5.41) is 4.26. The molecule has 0 saturated heterocycles. The third kappa shape index (κ3) is 3.00. The van der Waals surface area contributed by atoms with E-state index < -0.39 is 0 Å². The van der Waals surface area contributed by atoms with Crippen molar-refractivity contribution in [2.45, 2.75) is 51.0 Å². The van der Waals surface area contributed by atoms with Gasteiger partial charge in [0.05, 0.1) is 16.6 Å². The maximum atomic E-state index is 5.83. The molecule has 1 heterocycles. The van der Waals surface area contributed by atoms with Crippen LogP contribution in [0.1, 0.15) is 66.3 Å². The van der Waals surface area contributed by atoms with Crippen molar-refractivity contribution in [1.82, 2.24) is 15.0 Å². The number of aryl methyl sites for hydroxylation is 1. The van der Waals surface area contributed by atoms with Gasteiger partial charge in [-0.3, -0.25) is 5.84 Å². The second-order valence-electron chi connectivity index (χ2n) is 5.73. The van der Waals surface area contributed by atoms with Gasteiger partial charge in [0.25, 0.3) is 0 Å². The Morgan fingerprint density at radius 1 is 1.43 bits per heavy atom. The average Bonchev–Trinajstić information content (AvgIpc) is 2.87. The Bertz CT molecular complexity index is 591. The third-order valence-corrected chi connectivity index (χ3v) is 5.15. The topological polar surface area (TPSA) is 63.8 Å². The highest BCUT2D eigenvalue weighted by molar-refractivity contribution is 7.05. The van der Waals surface area contributed by atoms with Gasteiger partial charge in [-0.25, -0.2) is 5.43 Å². The Morgan fingerprint density at radius 2 is 2.29 bits per heavy atom. The standard InChI is InChI=1S/C16H22N4S/c1-2-5-14-16(21-20-19-14)15(18-17)13-9-4-8-12(10-13)11-6-3-7-11/h4,8-11,15,18H,2-3,5-7,17H2,1H3. The number of hydrogen-bond donors (Lipinski definition) is 2. The number of aromatic nitrogens is 2. The summed E-state index contributed by atoms with van der Waals surface area (Å²) in [6.07, 6.45) is 6.00. The molecule has 0 aliphatic heterocycles. The lowest BCUT2D eigenvalue weighted by molar-refractivity contribution is 0.419. The van der Waals surface area contributed by atoms with Crippen LogP contribution in [0.4, 0.5) is 0 Å². The number of benzene rings is 1. The summed E-state index contributed by atoms with van der Waals surface area (Å²) in [5.74, 6) is 6.57. The van der Waals surface area contributed by atoms with Gasteiger partial charge < -0.3 is 0 Å². The monoisotopic (exact) mass is 302 g/mol. The van der Waals surface area contributed by atoms with E-state index in [9.17, 15) is 0 Å². The first kappa shape index (κ1) is 14.6. The van der Waals surface area contributed by atoms with Gasteiger partial charge in [0.2, 0.25) is 0 Å². The molecule has 2 aromatic rings. The quantitative estimate of drug-likeness (QED) is 0.635. The predicted molar refractivity (Wildman–Crippen MR) is 86.1 cm³/mol. The molecule has 1 atom stereocenters. The fourth-order valence-corrected chi connectivity index (χ4v) is 3.69. The average molecular weight is 302 g/mol. The number of rotatable bonds is 6. The van der Waals surface area contributed by atoms with Gasteiger partial charge in [-0.1, -0.05) is 48.5 Å². The van der Waals surface area contributed by atoms with Crippen molar-refractivity contribution < 1.29 is 0 Å². The fourth-order valence-electron chi connectivity index (χ4n) is 2.90. The van der Waals surface area contributed by atoms with Crippen LogP contribution in [0.5, 0.6) is 0 Å². The number of nitrogens with one attached hydrogen (secondary N) is 1. The minimum absolute atomic E-state index is 0.00780. The van der Waals surface area contributed by atoms with E-state index in [0.29, 0.717) is 0 Å². The molecule has 0 spiro atoms. The molecule has 1 unspecified atom stereocenters. The number of nitrogens with two attached hydrogens (primary N) is 1. The summed E-state index contributed by atoms with van der Waals surface area (Å²) in [5.41, 5.74) is 6.67. The van der Waals surface area contributed by atoms with Crippen LogP contribution in [0.3, 0.4) is 0 Å². The van der Waals surface area contributed by atoms with Crippen molar-refractivity contribution in [1.29, 1.82) is 0 Å². The molecule has 1 aromatic heterocycles. The van der Waals surface area contributed by atoms with Crippen LogP contribution in [0.15, 0.2) is 24.3 Å². The van der Waals surface area contributed by atoms with Crippen LogP contribution in [-0.4, -0.2) is 9.59 Å². The lowest BCUT2D eigenvalue weighted by atomic mass is 9.79. The zero-order valence-corrected chi connectivity index (χ0v) is 13.2. The van der Waals surface area contributed by atoms with Gasteiger partial charge in [-0.15, -0.1) is 5.10 Å². The SMILES string of the molecule is CCCc1nnsc1C(NN)c1cccc(C2CCC2)c1. The van der Waals surface area contributed by atoms with Gasteiger partial charge in [0.15, 0.2) is 0 Å². The van der Waals surface area contributed by atoms with E-state index in [1.165, 1.54) is 41.9 Å². The first-order valence-electron chi connectivity index (χ1n) is 7.70. The zero-order valence-electron chi connectivity index (χ0n) is 12.4. The maximum Gasteiger partial charge on any atom is 0.0837 e. The van der Waals surface area contributed by atoms with Crippen molar-refractivity contribution in [3.63, 3.8) is 0 Å². The Labute approximate surface area is 129 Å². The normalized spacial score (nSPS) is 16.7. The Hall–Kier alpha value is -1.30. The van der Waals surface area contributed by atoms with Crippen LogP contribution in [0, 0.1) is 0 Å². The summed E-state index contributed by atoms with van der Waals surface area (Å²) in [6, 6.07) is 8.80. The lowest BCUT2D eigenvalue weighted by Gasteiger charge is -2.27. The Kier molecular flexibility index (Phi) is 4.63. The van der Waals surface area contributed by atoms with Crippen molar-refractivity contribution >= 4 is 11.5 Å². The van der Waals surface area contributed by atoms with Crippen LogP contribution in [0.2, 0.25) is 0 Å². The van der Waals surface area contributed by atoms with Crippen molar-refractivity contribution in [2.24, 2.45) is 5.84 Å². The molecule has 1 aliphatic carbocycles. The molecule has 0 amide bonds. The molecule has 0 bridgehead atoms.